The van der Waals surface area contributed by atoms with Crippen molar-refractivity contribution in [2.75, 3.05) is 11.9 Å². The molecule has 0 bridgehead atoms. The number of carbonyl (C=O) groups excluding carboxylic acids is 1. The Morgan fingerprint density at radius 3 is 2.57 bits per heavy atom. The molecule has 1 heterocycles. The molecule has 0 saturated heterocycles. The van der Waals surface area contributed by atoms with Crippen molar-refractivity contribution in [3.05, 3.63) is 102 Å². The minimum Gasteiger partial charge on any atom is -0.491 e. The maximum atomic E-state index is 12.8. The number of carboxylic acid groups (broad SMARTS) is 1. The van der Waals surface area contributed by atoms with Gasteiger partial charge in [0.15, 0.2) is 0 Å². The fourth-order valence-corrected chi connectivity index (χ4v) is 3.86. The summed E-state index contributed by atoms with van der Waals surface area (Å²) in [6.45, 7) is 2.84. The average molecular weight is 469 g/mol. The van der Waals surface area contributed by atoms with Gasteiger partial charge in [0.1, 0.15) is 5.75 Å². The number of benzene rings is 3. The van der Waals surface area contributed by atoms with Gasteiger partial charge >= 0.3 is 5.97 Å². The van der Waals surface area contributed by atoms with Gasteiger partial charge in [-0.1, -0.05) is 48.5 Å². The number of hydrogen-bond acceptors (Lipinski definition) is 3. The van der Waals surface area contributed by atoms with Gasteiger partial charge in [-0.15, -0.1) is 0 Å². The number of nitrogens with zero attached hydrogens (tertiary/aromatic N) is 1. The summed E-state index contributed by atoms with van der Waals surface area (Å²) >= 11 is 0. The molecule has 2 N–H and O–H groups in total. The van der Waals surface area contributed by atoms with Crippen LogP contribution in [0.4, 0.5) is 5.69 Å². The van der Waals surface area contributed by atoms with Crippen LogP contribution in [0.1, 0.15) is 30.9 Å². The summed E-state index contributed by atoms with van der Waals surface area (Å²) in [7, 11) is 0. The highest BCUT2D eigenvalue weighted by molar-refractivity contribution is 6.07. The van der Waals surface area contributed by atoms with Crippen LogP contribution in [0.5, 0.6) is 5.75 Å². The molecule has 0 atom stereocenters. The number of para-hydroxylation sites is 2. The summed E-state index contributed by atoms with van der Waals surface area (Å²) < 4.78 is 7.89. The standard InChI is InChI=1S/C29H28N2O4/c1-21(29(34)30-25-10-5-6-11-27(25)35-17-7-12-28(32)33)18-23-13-14-26-24(19-23)15-16-31(26)20-22-8-3-2-4-9-22/h2-6,8-11,13-16,18-19H,7,12,17,20H2,1H3,(H,30,34)(H,32,33). The topological polar surface area (TPSA) is 80.6 Å². The maximum absolute atomic E-state index is 12.8. The molecule has 0 aliphatic carbocycles. The number of hydrogen-bond donors (Lipinski definition) is 2. The zero-order chi connectivity index (χ0) is 24.6. The van der Waals surface area contributed by atoms with E-state index in [0.29, 0.717) is 23.4 Å². The monoisotopic (exact) mass is 468 g/mol. The van der Waals surface area contributed by atoms with E-state index in [4.69, 9.17) is 9.84 Å². The molecule has 178 valence electrons. The van der Waals surface area contributed by atoms with Crippen molar-refractivity contribution in [2.45, 2.75) is 26.3 Å². The lowest BCUT2D eigenvalue weighted by molar-refractivity contribution is -0.137. The van der Waals surface area contributed by atoms with E-state index in [2.05, 4.69) is 46.4 Å². The Labute approximate surface area is 204 Å². The number of amides is 1. The number of anilines is 1. The molecule has 6 heteroatoms. The van der Waals surface area contributed by atoms with Crippen LogP contribution in [0.2, 0.25) is 0 Å². The Hall–Kier alpha value is -4.32. The van der Waals surface area contributed by atoms with Crippen molar-refractivity contribution < 1.29 is 19.4 Å². The average Bonchev–Trinajstić information content (AvgIpc) is 3.25. The fourth-order valence-electron chi connectivity index (χ4n) is 3.86. The first-order valence-corrected chi connectivity index (χ1v) is 11.6. The fraction of sp³-hybridized carbons (Fsp3) is 0.172. The van der Waals surface area contributed by atoms with Crippen LogP contribution in [0.25, 0.3) is 17.0 Å². The third-order valence-electron chi connectivity index (χ3n) is 5.66. The minimum absolute atomic E-state index is 0.0380. The number of ether oxygens (including phenoxy) is 1. The lowest BCUT2D eigenvalue weighted by atomic mass is 10.1. The van der Waals surface area contributed by atoms with Gasteiger partial charge in [-0.2, -0.15) is 0 Å². The van der Waals surface area contributed by atoms with Crippen LogP contribution in [0.15, 0.2) is 90.6 Å². The Balaban J connectivity index is 1.43. The van der Waals surface area contributed by atoms with Crippen molar-refractivity contribution in [2.24, 2.45) is 0 Å². The Morgan fingerprint density at radius 1 is 1.00 bits per heavy atom. The third-order valence-corrected chi connectivity index (χ3v) is 5.66. The van der Waals surface area contributed by atoms with Crippen LogP contribution >= 0.6 is 0 Å². The highest BCUT2D eigenvalue weighted by atomic mass is 16.5. The lowest BCUT2D eigenvalue weighted by Crippen LogP contribution is -2.14. The van der Waals surface area contributed by atoms with Crippen molar-refractivity contribution in [3.63, 3.8) is 0 Å². The number of rotatable bonds is 10. The van der Waals surface area contributed by atoms with Gasteiger partial charge in [0.05, 0.1) is 12.3 Å². The van der Waals surface area contributed by atoms with E-state index >= 15 is 0 Å². The van der Waals surface area contributed by atoms with Crippen molar-refractivity contribution in [3.8, 4) is 5.75 Å². The normalized spacial score (nSPS) is 11.4. The van der Waals surface area contributed by atoms with Crippen LogP contribution in [-0.2, 0) is 16.1 Å². The first kappa shape index (κ1) is 23.8. The molecule has 0 aliphatic rings. The molecular weight excluding hydrogens is 440 g/mol. The molecule has 0 fully saturated rings. The van der Waals surface area contributed by atoms with Crippen LogP contribution in [0.3, 0.4) is 0 Å². The van der Waals surface area contributed by atoms with E-state index in [1.54, 1.807) is 19.1 Å². The smallest absolute Gasteiger partial charge is 0.303 e. The van der Waals surface area contributed by atoms with E-state index in [9.17, 15) is 9.59 Å². The van der Waals surface area contributed by atoms with Crippen LogP contribution < -0.4 is 10.1 Å². The molecule has 6 nitrogen and oxygen atoms in total. The SMILES string of the molecule is CC(=Cc1ccc2c(ccn2Cc2ccccc2)c1)C(=O)Nc1ccccc1OCCCC(=O)O. The van der Waals surface area contributed by atoms with Gasteiger partial charge in [0.2, 0.25) is 0 Å². The molecule has 0 unspecified atom stereocenters. The molecule has 1 aromatic heterocycles. The summed E-state index contributed by atoms with van der Waals surface area (Å²) in [6.07, 6.45) is 4.38. The predicted molar refractivity (Wildman–Crippen MR) is 139 cm³/mol. The largest absolute Gasteiger partial charge is 0.491 e. The molecule has 35 heavy (non-hydrogen) atoms. The van der Waals surface area contributed by atoms with E-state index < -0.39 is 5.97 Å². The van der Waals surface area contributed by atoms with Gasteiger partial charge in [-0.05, 0) is 60.9 Å². The number of aromatic nitrogens is 1. The third kappa shape index (κ3) is 6.38. The van der Waals surface area contributed by atoms with E-state index in [1.165, 1.54) is 5.56 Å². The van der Waals surface area contributed by atoms with E-state index in [1.807, 2.05) is 42.5 Å². The second-order valence-corrected chi connectivity index (χ2v) is 8.37. The molecule has 4 rings (SSSR count). The number of carbonyl (C=O) groups is 2. The minimum atomic E-state index is -0.859. The quantitative estimate of drug-likeness (QED) is 0.222. The Bertz CT molecular complexity index is 1360. The van der Waals surface area contributed by atoms with Gasteiger partial charge in [-0.3, -0.25) is 9.59 Å². The van der Waals surface area contributed by atoms with Crippen molar-refractivity contribution >= 4 is 34.5 Å². The maximum Gasteiger partial charge on any atom is 0.303 e. The van der Waals surface area contributed by atoms with Crippen LogP contribution in [0, 0.1) is 0 Å². The molecule has 0 radical (unpaired) electrons. The highest BCUT2D eigenvalue weighted by Crippen LogP contribution is 2.25. The summed E-state index contributed by atoms with van der Waals surface area (Å²) in [6, 6.07) is 25.7. The van der Waals surface area contributed by atoms with E-state index in [-0.39, 0.29) is 18.9 Å². The molecule has 4 aromatic rings. The Morgan fingerprint density at radius 2 is 1.77 bits per heavy atom. The number of carboxylic acids is 1. The molecule has 0 saturated carbocycles. The molecule has 3 aromatic carbocycles. The molecule has 0 spiro atoms. The number of aliphatic carboxylic acids is 1. The summed E-state index contributed by atoms with van der Waals surface area (Å²) in [5.74, 6) is -0.574. The highest BCUT2D eigenvalue weighted by Gasteiger charge is 2.10. The van der Waals surface area contributed by atoms with Crippen molar-refractivity contribution in [1.82, 2.24) is 4.57 Å². The zero-order valence-electron chi connectivity index (χ0n) is 19.6. The summed E-state index contributed by atoms with van der Waals surface area (Å²) in [4.78, 5) is 23.5. The van der Waals surface area contributed by atoms with Gasteiger partial charge in [0, 0.05) is 35.6 Å². The van der Waals surface area contributed by atoms with Gasteiger partial charge < -0.3 is 19.7 Å². The second kappa shape index (κ2) is 11.2. The zero-order valence-corrected chi connectivity index (χ0v) is 19.6. The van der Waals surface area contributed by atoms with E-state index in [0.717, 1.165) is 23.0 Å². The lowest BCUT2D eigenvalue weighted by Gasteiger charge is -2.12. The predicted octanol–water partition coefficient (Wildman–Crippen LogP) is 5.98. The van der Waals surface area contributed by atoms with Gasteiger partial charge in [-0.25, -0.2) is 0 Å². The Kier molecular flexibility index (Phi) is 7.63. The summed E-state index contributed by atoms with van der Waals surface area (Å²) in [5.41, 5.74) is 4.44. The first-order valence-electron chi connectivity index (χ1n) is 11.6. The summed E-state index contributed by atoms with van der Waals surface area (Å²) in [5, 5.41) is 12.8. The first-order chi connectivity index (χ1) is 17.0. The van der Waals surface area contributed by atoms with Gasteiger partial charge in [0.25, 0.3) is 5.91 Å². The molecule has 0 aliphatic heterocycles. The second-order valence-electron chi connectivity index (χ2n) is 8.37. The molecule has 1 amide bonds. The number of fused-ring (bicyclic) bond motifs is 1. The van der Waals surface area contributed by atoms with Crippen molar-refractivity contribution in [1.29, 1.82) is 0 Å². The number of nitrogens with one attached hydrogen (secondary N) is 1. The van der Waals surface area contributed by atoms with Crippen LogP contribution in [-0.4, -0.2) is 28.2 Å². The molecular formula is C29H28N2O4.